The van der Waals surface area contributed by atoms with Crippen molar-refractivity contribution in [2.24, 2.45) is 0 Å². The molecule has 25 heavy (non-hydrogen) atoms. The van der Waals surface area contributed by atoms with Crippen LogP contribution in [0.15, 0.2) is 48.5 Å². The van der Waals surface area contributed by atoms with Crippen molar-refractivity contribution in [1.82, 2.24) is 4.90 Å². The highest BCUT2D eigenvalue weighted by molar-refractivity contribution is 7.99. The number of nitrogens with zero attached hydrogens (tertiary/aromatic N) is 1. The Morgan fingerprint density at radius 1 is 1.04 bits per heavy atom. The van der Waals surface area contributed by atoms with Crippen LogP contribution in [0.1, 0.15) is 27.6 Å². The van der Waals surface area contributed by atoms with E-state index >= 15 is 0 Å². The van der Waals surface area contributed by atoms with E-state index in [0.29, 0.717) is 22.3 Å². The molecule has 0 aromatic heterocycles. The third-order valence-corrected chi connectivity index (χ3v) is 5.76. The Morgan fingerprint density at radius 2 is 1.80 bits per heavy atom. The van der Waals surface area contributed by atoms with Gasteiger partial charge in [-0.3, -0.25) is 4.79 Å². The fraction of sp³-hybridized carbons (Fsp3) is 0.350. The maximum atomic E-state index is 12.9. The first-order chi connectivity index (χ1) is 12.2. The summed E-state index contributed by atoms with van der Waals surface area (Å²) in [6.07, 6.45) is 0.966. The van der Waals surface area contributed by atoms with Gasteiger partial charge in [0, 0.05) is 29.7 Å². The van der Waals surface area contributed by atoms with E-state index in [1.54, 1.807) is 32.4 Å². The van der Waals surface area contributed by atoms with Gasteiger partial charge in [-0.15, -0.1) is 0 Å². The zero-order valence-electron chi connectivity index (χ0n) is 14.6. The van der Waals surface area contributed by atoms with Crippen molar-refractivity contribution in [2.45, 2.75) is 11.7 Å². The van der Waals surface area contributed by atoms with Crippen LogP contribution in [0, 0.1) is 0 Å². The van der Waals surface area contributed by atoms with Gasteiger partial charge in [0.1, 0.15) is 0 Å². The molecule has 0 bridgehead atoms. The van der Waals surface area contributed by atoms with Crippen LogP contribution in [-0.2, 0) is 0 Å². The van der Waals surface area contributed by atoms with Crippen LogP contribution < -0.4 is 9.47 Å². The molecule has 1 saturated heterocycles. The number of carbonyl (C=O) groups is 1. The van der Waals surface area contributed by atoms with Gasteiger partial charge in [-0.05, 0) is 30.2 Å². The number of methoxy groups -OCH3 is 2. The Hall–Kier alpha value is -2.14. The Balaban J connectivity index is 1.71. The van der Waals surface area contributed by atoms with Crippen LogP contribution in [0.25, 0.3) is 0 Å². The zero-order chi connectivity index (χ0) is 17.6. The largest absolute Gasteiger partial charge is 0.493 e. The van der Waals surface area contributed by atoms with Gasteiger partial charge in [0.2, 0.25) is 0 Å². The summed E-state index contributed by atoms with van der Waals surface area (Å²) in [5, 5.41) is 0.449. The molecule has 132 valence electrons. The first-order valence-corrected chi connectivity index (χ1v) is 9.45. The monoisotopic (exact) mass is 357 g/mol. The molecule has 1 aliphatic heterocycles. The number of rotatable bonds is 4. The molecular weight excluding hydrogens is 334 g/mol. The van der Waals surface area contributed by atoms with Crippen molar-refractivity contribution in [1.29, 1.82) is 0 Å². The maximum Gasteiger partial charge on any atom is 0.254 e. The second-order valence-corrected chi connectivity index (χ2v) is 7.23. The molecule has 1 unspecified atom stereocenters. The lowest BCUT2D eigenvalue weighted by Gasteiger charge is -2.21. The molecule has 2 aromatic rings. The molecule has 0 spiro atoms. The first-order valence-electron chi connectivity index (χ1n) is 8.40. The van der Waals surface area contributed by atoms with Crippen molar-refractivity contribution in [3.05, 3.63) is 59.7 Å². The van der Waals surface area contributed by atoms with E-state index in [4.69, 9.17) is 9.47 Å². The van der Waals surface area contributed by atoms with Gasteiger partial charge in [0.25, 0.3) is 5.91 Å². The Morgan fingerprint density at radius 3 is 2.52 bits per heavy atom. The van der Waals surface area contributed by atoms with E-state index in [2.05, 4.69) is 24.3 Å². The van der Waals surface area contributed by atoms with E-state index < -0.39 is 0 Å². The van der Waals surface area contributed by atoms with Crippen molar-refractivity contribution in [2.75, 3.05) is 33.1 Å². The highest BCUT2D eigenvalue weighted by atomic mass is 32.2. The third-order valence-electron chi connectivity index (χ3n) is 4.43. The summed E-state index contributed by atoms with van der Waals surface area (Å²) in [6, 6.07) is 15.9. The lowest BCUT2D eigenvalue weighted by atomic mass is 10.1. The first kappa shape index (κ1) is 17.7. The second kappa shape index (κ2) is 8.30. The fourth-order valence-corrected chi connectivity index (χ4v) is 4.29. The number of carbonyl (C=O) groups excluding carboxylic acids is 1. The topological polar surface area (TPSA) is 38.8 Å². The number of hydrogen-bond acceptors (Lipinski definition) is 4. The molecule has 2 aromatic carbocycles. The zero-order valence-corrected chi connectivity index (χ0v) is 15.4. The number of ether oxygens (including phenoxy) is 2. The lowest BCUT2D eigenvalue weighted by Crippen LogP contribution is -2.33. The second-order valence-electron chi connectivity index (χ2n) is 5.92. The summed E-state index contributed by atoms with van der Waals surface area (Å²) in [7, 11) is 3.17. The number of hydrogen-bond donors (Lipinski definition) is 0. The average molecular weight is 357 g/mol. The molecule has 1 heterocycles. The van der Waals surface area contributed by atoms with Crippen molar-refractivity contribution < 1.29 is 14.3 Å². The van der Waals surface area contributed by atoms with Gasteiger partial charge in [-0.25, -0.2) is 0 Å². The van der Waals surface area contributed by atoms with Crippen molar-refractivity contribution >= 4 is 17.7 Å². The molecule has 1 amide bonds. The highest BCUT2D eigenvalue weighted by Gasteiger charge is 2.23. The normalized spacial score (nSPS) is 17.7. The molecule has 1 fully saturated rings. The number of benzene rings is 2. The third kappa shape index (κ3) is 4.10. The van der Waals surface area contributed by atoms with Gasteiger partial charge in [0.15, 0.2) is 11.5 Å². The van der Waals surface area contributed by atoms with Crippen LogP contribution in [0.5, 0.6) is 11.5 Å². The molecule has 5 heteroatoms. The van der Waals surface area contributed by atoms with Gasteiger partial charge >= 0.3 is 0 Å². The molecule has 1 aliphatic rings. The molecule has 0 N–H and O–H groups in total. The fourth-order valence-electron chi connectivity index (χ4n) is 3.06. The van der Waals surface area contributed by atoms with Gasteiger partial charge in [-0.1, -0.05) is 30.3 Å². The predicted molar refractivity (Wildman–Crippen MR) is 102 cm³/mol. The average Bonchev–Trinajstić information content (AvgIpc) is 2.93. The summed E-state index contributed by atoms with van der Waals surface area (Å²) in [5.74, 6) is 2.21. The van der Waals surface area contributed by atoms with Gasteiger partial charge < -0.3 is 14.4 Å². The molecule has 4 nitrogen and oxygen atoms in total. The summed E-state index contributed by atoms with van der Waals surface area (Å²) in [5.41, 5.74) is 1.98. The molecule has 0 saturated carbocycles. The number of amides is 1. The minimum Gasteiger partial charge on any atom is -0.493 e. The SMILES string of the molecule is COc1ccc(C(=O)N2CCSC(c3ccccc3)CC2)cc1OC. The number of thioether (sulfide) groups is 1. The predicted octanol–water partition coefficient (Wildman–Crippen LogP) is 4.02. The quantitative estimate of drug-likeness (QED) is 0.828. The minimum atomic E-state index is 0.0512. The van der Waals surface area contributed by atoms with Crippen LogP contribution in [0.4, 0.5) is 0 Å². The van der Waals surface area contributed by atoms with Crippen LogP contribution in [-0.4, -0.2) is 43.9 Å². The maximum absolute atomic E-state index is 12.9. The Labute approximate surface area is 153 Å². The van der Waals surface area contributed by atoms with E-state index in [0.717, 1.165) is 25.3 Å². The van der Waals surface area contributed by atoms with Crippen LogP contribution in [0.3, 0.4) is 0 Å². The van der Waals surface area contributed by atoms with E-state index in [1.807, 2.05) is 22.7 Å². The molecule has 0 aliphatic carbocycles. The summed E-state index contributed by atoms with van der Waals surface area (Å²) >= 11 is 1.93. The van der Waals surface area contributed by atoms with E-state index in [-0.39, 0.29) is 5.91 Å². The van der Waals surface area contributed by atoms with Crippen molar-refractivity contribution in [3.63, 3.8) is 0 Å². The van der Waals surface area contributed by atoms with Crippen molar-refractivity contribution in [3.8, 4) is 11.5 Å². The Kier molecular flexibility index (Phi) is 5.87. The molecule has 0 radical (unpaired) electrons. The summed E-state index contributed by atoms with van der Waals surface area (Å²) in [4.78, 5) is 14.8. The lowest BCUT2D eigenvalue weighted by molar-refractivity contribution is 0.0766. The van der Waals surface area contributed by atoms with Gasteiger partial charge in [0.05, 0.1) is 14.2 Å². The molecular formula is C20H23NO3S. The minimum absolute atomic E-state index is 0.0512. The van der Waals surface area contributed by atoms with E-state index in [9.17, 15) is 4.79 Å². The Bertz CT molecular complexity index is 720. The highest BCUT2D eigenvalue weighted by Crippen LogP contribution is 2.35. The van der Waals surface area contributed by atoms with Gasteiger partial charge in [-0.2, -0.15) is 11.8 Å². The van der Waals surface area contributed by atoms with Crippen LogP contribution >= 0.6 is 11.8 Å². The standard InChI is InChI=1S/C20H23NO3S/c1-23-17-9-8-16(14-18(17)24-2)20(22)21-11-10-19(25-13-12-21)15-6-4-3-5-7-15/h3-9,14,19H,10-13H2,1-2H3. The smallest absolute Gasteiger partial charge is 0.254 e. The van der Waals surface area contributed by atoms with E-state index in [1.165, 1.54) is 5.56 Å². The molecule has 3 rings (SSSR count). The van der Waals surface area contributed by atoms with Crippen LogP contribution in [0.2, 0.25) is 0 Å². The summed E-state index contributed by atoms with van der Waals surface area (Å²) < 4.78 is 10.6. The summed E-state index contributed by atoms with van der Waals surface area (Å²) in [6.45, 7) is 1.53. The molecule has 1 atom stereocenters.